The predicted octanol–water partition coefficient (Wildman–Crippen LogP) is 4.57. The lowest BCUT2D eigenvalue weighted by Gasteiger charge is -2.31. The van der Waals surface area contributed by atoms with Crippen molar-refractivity contribution < 1.29 is 34.4 Å². The van der Waals surface area contributed by atoms with Gasteiger partial charge in [0.25, 0.3) is 0 Å². The van der Waals surface area contributed by atoms with Gasteiger partial charge in [0.2, 0.25) is 11.8 Å². The normalized spacial score (nSPS) is 25.2. The quantitative estimate of drug-likeness (QED) is 0.199. The van der Waals surface area contributed by atoms with Gasteiger partial charge in [-0.15, -0.1) is 0 Å². The minimum absolute atomic E-state index is 0.0813. The number of aromatic hydroxyl groups is 1. The first-order valence-corrected chi connectivity index (χ1v) is 13.8. The number of nitrogens with zero attached hydrogens (tertiary/aromatic N) is 1. The van der Waals surface area contributed by atoms with E-state index < -0.39 is 17.8 Å². The van der Waals surface area contributed by atoms with E-state index in [1.54, 1.807) is 12.1 Å². The van der Waals surface area contributed by atoms with Crippen LogP contribution in [0.1, 0.15) is 63.9 Å². The zero-order chi connectivity index (χ0) is 27.4. The molecule has 8 nitrogen and oxygen atoms in total. The monoisotopic (exact) mass is 545 g/mol. The first kappa shape index (κ1) is 28.3. The number of aliphatic hydroxyl groups is 1. The molecule has 0 radical (unpaired) electrons. The standard InChI is InChI=1S/C29H36ClNO7/c1-2-17(12-18-8-9-20(33)14-23(18)30)7-10-24-26-19(15-32)13-21-27(22(26)16-38-24)29(37)31(28(21)36)11-5-3-4-6-25(34)35/h8-9,12,14,21-22,24,27,32-33H,2-7,10-11,13,15-16H2,1H3,(H,34,35)/b17-12+/t21-,22+,24-,27-/m1/s1. The van der Waals surface area contributed by atoms with Crippen LogP contribution in [0.3, 0.4) is 0 Å². The molecule has 0 aromatic heterocycles. The number of carbonyl (C=O) groups is 3. The van der Waals surface area contributed by atoms with E-state index in [0.29, 0.717) is 50.3 Å². The number of benzene rings is 1. The van der Waals surface area contributed by atoms with Gasteiger partial charge in [0.1, 0.15) is 5.75 Å². The van der Waals surface area contributed by atoms with Gasteiger partial charge in [-0.25, -0.2) is 0 Å². The van der Waals surface area contributed by atoms with Gasteiger partial charge in [0.15, 0.2) is 0 Å². The van der Waals surface area contributed by atoms with Crippen LogP contribution in [0.25, 0.3) is 6.08 Å². The number of hydrogen-bond acceptors (Lipinski definition) is 6. The Morgan fingerprint density at radius 3 is 2.63 bits per heavy atom. The Labute approximate surface area is 227 Å². The topological polar surface area (TPSA) is 124 Å². The molecule has 9 heteroatoms. The van der Waals surface area contributed by atoms with Crippen LogP contribution in [0.5, 0.6) is 5.75 Å². The van der Waals surface area contributed by atoms with Crippen molar-refractivity contribution in [3.63, 3.8) is 0 Å². The maximum Gasteiger partial charge on any atom is 0.303 e. The van der Waals surface area contributed by atoms with Crippen LogP contribution in [-0.2, 0) is 19.1 Å². The van der Waals surface area contributed by atoms with E-state index in [-0.39, 0.29) is 42.6 Å². The number of ether oxygens (including phenoxy) is 1. The number of fused-ring (bicyclic) bond motifs is 3. The second kappa shape index (κ2) is 12.5. The van der Waals surface area contributed by atoms with Crippen molar-refractivity contribution in [3.8, 4) is 5.75 Å². The summed E-state index contributed by atoms with van der Waals surface area (Å²) in [4.78, 5) is 38.6. The van der Waals surface area contributed by atoms with E-state index in [4.69, 9.17) is 21.4 Å². The summed E-state index contributed by atoms with van der Waals surface area (Å²) in [6.07, 6.45) is 6.25. The molecule has 3 N–H and O–H groups in total. The highest BCUT2D eigenvalue weighted by molar-refractivity contribution is 6.32. The molecule has 2 fully saturated rings. The van der Waals surface area contributed by atoms with Crippen LogP contribution >= 0.6 is 11.6 Å². The van der Waals surface area contributed by atoms with Gasteiger partial charge >= 0.3 is 5.97 Å². The van der Waals surface area contributed by atoms with Crippen molar-refractivity contribution in [1.29, 1.82) is 0 Å². The number of phenols is 1. The van der Waals surface area contributed by atoms with E-state index in [1.165, 1.54) is 16.5 Å². The highest BCUT2D eigenvalue weighted by atomic mass is 35.5. The summed E-state index contributed by atoms with van der Waals surface area (Å²) < 4.78 is 6.19. The van der Waals surface area contributed by atoms with Gasteiger partial charge in [0.05, 0.1) is 36.2 Å². The second-order valence-electron chi connectivity index (χ2n) is 10.4. The van der Waals surface area contributed by atoms with Gasteiger partial charge in [-0.2, -0.15) is 0 Å². The number of likely N-dealkylation sites (tertiary alicyclic amines) is 1. The smallest absolute Gasteiger partial charge is 0.303 e. The molecule has 38 heavy (non-hydrogen) atoms. The van der Waals surface area contributed by atoms with Crippen molar-refractivity contribution in [2.45, 2.75) is 64.4 Å². The Hall–Kier alpha value is -2.68. The molecular weight excluding hydrogens is 510 g/mol. The molecule has 4 atom stereocenters. The molecule has 0 saturated carbocycles. The average molecular weight is 546 g/mol. The number of hydrogen-bond donors (Lipinski definition) is 3. The van der Waals surface area contributed by atoms with E-state index >= 15 is 0 Å². The maximum atomic E-state index is 13.4. The lowest BCUT2D eigenvalue weighted by Crippen LogP contribution is -2.35. The first-order chi connectivity index (χ1) is 18.2. The largest absolute Gasteiger partial charge is 0.508 e. The first-order valence-electron chi connectivity index (χ1n) is 13.4. The predicted molar refractivity (Wildman–Crippen MR) is 142 cm³/mol. The highest BCUT2D eigenvalue weighted by Crippen LogP contribution is 2.49. The summed E-state index contributed by atoms with van der Waals surface area (Å²) in [6.45, 7) is 2.56. The van der Waals surface area contributed by atoms with E-state index in [9.17, 15) is 24.6 Å². The van der Waals surface area contributed by atoms with Crippen LogP contribution in [0.4, 0.5) is 0 Å². The van der Waals surface area contributed by atoms with Crippen LogP contribution in [0.2, 0.25) is 5.02 Å². The van der Waals surface area contributed by atoms with Gasteiger partial charge in [-0.1, -0.05) is 36.6 Å². The van der Waals surface area contributed by atoms with Crippen LogP contribution in [0.15, 0.2) is 34.9 Å². The Kier molecular flexibility index (Phi) is 9.28. The van der Waals surface area contributed by atoms with E-state index in [0.717, 1.165) is 29.6 Å². The van der Waals surface area contributed by atoms with Crippen molar-refractivity contribution in [1.82, 2.24) is 4.90 Å². The van der Waals surface area contributed by atoms with Crippen molar-refractivity contribution in [3.05, 3.63) is 45.5 Å². The summed E-state index contributed by atoms with van der Waals surface area (Å²) in [6, 6.07) is 4.90. The number of phenolic OH excluding ortho intramolecular Hbond substituents is 1. The third-order valence-corrected chi connectivity index (χ3v) is 8.42. The SMILES string of the molecule is CC/C(=C\c1ccc(O)cc1Cl)CC[C@H]1OC[C@H]2C1=C(CO)C[C@H]1C(=O)N(CCCCCC(=O)O)C(=O)[C@H]12. The van der Waals surface area contributed by atoms with Gasteiger partial charge < -0.3 is 20.1 Å². The third kappa shape index (κ3) is 5.98. The van der Waals surface area contributed by atoms with Crippen LogP contribution < -0.4 is 0 Å². The van der Waals surface area contributed by atoms with Crippen molar-refractivity contribution >= 4 is 35.5 Å². The molecule has 1 aromatic rings. The number of aliphatic hydroxyl groups excluding tert-OH is 1. The summed E-state index contributed by atoms with van der Waals surface area (Å²) in [5, 5.41) is 29.1. The molecule has 0 unspecified atom stereocenters. The number of halogens is 1. The molecule has 2 aliphatic heterocycles. The fraction of sp³-hybridized carbons (Fsp3) is 0.552. The summed E-state index contributed by atoms with van der Waals surface area (Å²) in [5.74, 6) is -2.23. The molecule has 4 rings (SSSR count). The fourth-order valence-corrected chi connectivity index (χ4v) is 6.38. The molecule has 0 spiro atoms. The zero-order valence-electron chi connectivity index (χ0n) is 21.7. The number of carboxylic acids is 1. The third-order valence-electron chi connectivity index (χ3n) is 8.09. The van der Waals surface area contributed by atoms with Crippen molar-refractivity contribution in [2.75, 3.05) is 19.8 Å². The van der Waals surface area contributed by atoms with E-state index in [1.807, 2.05) is 6.08 Å². The number of allylic oxidation sites excluding steroid dienone is 1. The number of imide groups is 1. The number of carboxylic acid groups (broad SMARTS) is 1. The van der Waals surface area contributed by atoms with Crippen LogP contribution in [-0.4, -0.2) is 63.9 Å². The Morgan fingerprint density at radius 1 is 1.16 bits per heavy atom. The number of amides is 2. The van der Waals surface area contributed by atoms with E-state index in [2.05, 4.69) is 6.92 Å². The van der Waals surface area contributed by atoms with Crippen LogP contribution in [0, 0.1) is 17.8 Å². The fourth-order valence-electron chi connectivity index (χ4n) is 6.15. The minimum Gasteiger partial charge on any atom is -0.508 e. The summed E-state index contributed by atoms with van der Waals surface area (Å²) >= 11 is 6.28. The molecule has 1 aliphatic carbocycles. The molecule has 2 amide bonds. The highest BCUT2D eigenvalue weighted by Gasteiger charge is 2.56. The molecule has 206 valence electrons. The maximum absolute atomic E-state index is 13.4. The molecular formula is C29H36ClNO7. The van der Waals surface area contributed by atoms with Crippen molar-refractivity contribution in [2.24, 2.45) is 17.8 Å². The summed E-state index contributed by atoms with van der Waals surface area (Å²) in [7, 11) is 0. The molecule has 2 heterocycles. The Morgan fingerprint density at radius 2 is 1.95 bits per heavy atom. The molecule has 3 aliphatic rings. The lowest BCUT2D eigenvalue weighted by molar-refractivity contribution is -0.141. The summed E-state index contributed by atoms with van der Waals surface area (Å²) in [5.41, 5.74) is 3.80. The number of carbonyl (C=O) groups excluding carboxylic acids is 2. The number of rotatable bonds is 12. The molecule has 1 aromatic carbocycles. The second-order valence-corrected chi connectivity index (χ2v) is 10.8. The van der Waals surface area contributed by atoms with Gasteiger partial charge in [-0.05, 0) is 73.4 Å². The number of aliphatic carboxylic acids is 1. The number of unbranched alkanes of at least 4 members (excludes halogenated alkanes) is 2. The van der Waals surface area contributed by atoms with Gasteiger partial charge in [-0.3, -0.25) is 19.3 Å². The molecule has 0 bridgehead atoms. The Bertz CT molecular complexity index is 1140. The van der Waals surface area contributed by atoms with Gasteiger partial charge in [0, 0.05) is 18.9 Å². The minimum atomic E-state index is -0.846. The average Bonchev–Trinajstić information content (AvgIpc) is 3.41. The Balaban J connectivity index is 1.44. The lowest BCUT2D eigenvalue weighted by atomic mass is 9.69. The molecule has 2 saturated heterocycles. The zero-order valence-corrected chi connectivity index (χ0v) is 22.5.